The van der Waals surface area contributed by atoms with Gasteiger partial charge in [-0.15, -0.1) is 6.58 Å². The fourth-order valence-electron chi connectivity index (χ4n) is 1.52. The predicted molar refractivity (Wildman–Crippen MR) is 58.1 cm³/mol. The predicted octanol–water partition coefficient (Wildman–Crippen LogP) is 1.54. The Balaban J connectivity index is 2.04. The zero-order chi connectivity index (χ0) is 12.0. The van der Waals surface area contributed by atoms with Gasteiger partial charge in [0, 0.05) is 0 Å². The van der Waals surface area contributed by atoms with Gasteiger partial charge in [0.05, 0.1) is 0 Å². The van der Waals surface area contributed by atoms with Gasteiger partial charge in [-0.3, -0.25) is 4.79 Å². The van der Waals surface area contributed by atoms with Crippen LogP contribution in [0.5, 0.6) is 0 Å². The Morgan fingerprint density at radius 1 is 1.56 bits per heavy atom. The molecule has 2 N–H and O–H groups in total. The van der Waals surface area contributed by atoms with Gasteiger partial charge in [-0.2, -0.15) is 0 Å². The number of hydrogen-bond donors (Lipinski definition) is 2. The Hall–Kier alpha value is -1.52. The van der Waals surface area contributed by atoms with Gasteiger partial charge in [-0.1, -0.05) is 6.08 Å². The van der Waals surface area contributed by atoms with Crippen LogP contribution in [0.15, 0.2) is 12.7 Å². The van der Waals surface area contributed by atoms with E-state index in [1.54, 1.807) is 0 Å². The van der Waals surface area contributed by atoms with Crippen LogP contribution in [-0.2, 0) is 9.53 Å². The van der Waals surface area contributed by atoms with E-state index in [0.29, 0.717) is 5.92 Å². The van der Waals surface area contributed by atoms with Gasteiger partial charge in [0.2, 0.25) is 0 Å². The number of unbranched alkanes of at least 4 members (excludes halogenated alkanes) is 1. The molecule has 1 saturated carbocycles. The fourth-order valence-corrected chi connectivity index (χ4v) is 1.52. The van der Waals surface area contributed by atoms with E-state index >= 15 is 0 Å². The van der Waals surface area contributed by atoms with Gasteiger partial charge in [0.25, 0.3) is 0 Å². The summed E-state index contributed by atoms with van der Waals surface area (Å²) in [6, 6.07) is 0. The van der Waals surface area contributed by atoms with E-state index in [9.17, 15) is 9.59 Å². The van der Waals surface area contributed by atoms with E-state index in [1.165, 1.54) is 0 Å². The van der Waals surface area contributed by atoms with Crippen LogP contribution >= 0.6 is 0 Å². The maximum absolute atomic E-state index is 11.1. The van der Waals surface area contributed by atoms with Crippen LogP contribution in [0.1, 0.15) is 25.7 Å². The first-order valence-corrected chi connectivity index (χ1v) is 5.40. The van der Waals surface area contributed by atoms with E-state index in [0.717, 1.165) is 25.7 Å². The number of ether oxygens (including phenoxy) is 1. The van der Waals surface area contributed by atoms with Crippen molar-refractivity contribution in [3.63, 3.8) is 0 Å². The van der Waals surface area contributed by atoms with Crippen LogP contribution in [0.3, 0.4) is 0 Å². The molecule has 0 radical (unpaired) electrons. The average molecular weight is 227 g/mol. The topological polar surface area (TPSA) is 75.6 Å². The number of hydrogen-bond acceptors (Lipinski definition) is 3. The summed E-state index contributed by atoms with van der Waals surface area (Å²) in [7, 11) is 0. The van der Waals surface area contributed by atoms with Crippen molar-refractivity contribution in [3.8, 4) is 0 Å². The second-order valence-electron chi connectivity index (χ2n) is 3.91. The smallest absolute Gasteiger partial charge is 0.407 e. The van der Waals surface area contributed by atoms with Crippen molar-refractivity contribution >= 4 is 12.1 Å². The molecule has 0 bridgehead atoms. The molecule has 0 aliphatic heterocycles. The number of nitrogens with one attached hydrogen (secondary N) is 1. The van der Waals surface area contributed by atoms with E-state index in [4.69, 9.17) is 9.84 Å². The third-order valence-electron chi connectivity index (χ3n) is 2.48. The second-order valence-corrected chi connectivity index (χ2v) is 3.91. The van der Waals surface area contributed by atoms with Crippen molar-refractivity contribution < 1.29 is 19.4 Å². The normalized spacial score (nSPS) is 22.2. The van der Waals surface area contributed by atoms with Gasteiger partial charge in [0.15, 0.2) is 0 Å². The number of amides is 1. The Kier molecular flexibility index (Phi) is 4.82. The molecule has 0 spiro atoms. The molecule has 2 atom stereocenters. The van der Waals surface area contributed by atoms with Crippen LogP contribution in [-0.4, -0.2) is 29.8 Å². The molecule has 1 fully saturated rings. The molecular formula is C11H17NO4. The highest BCUT2D eigenvalue weighted by atomic mass is 16.6. The highest BCUT2D eigenvalue weighted by molar-refractivity contribution is 5.76. The summed E-state index contributed by atoms with van der Waals surface area (Å²) in [5, 5.41) is 10.5. The Morgan fingerprint density at radius 3 is 2.94 bits per heavy atom. The first-order chi connectivity index (χ1) is 7.63. The SMILES string of the molecule is C=CCCCC1CC1OC(=O)NCC(=O)O. The highest BCUT2D eigenvalue weighted by Gasteiger charge is 2.39. The maximum atomic E-state index is 11.1. The van der Waals surface area contributed by atoms with Gasteiger partial charge in [0.1, 0.15) is 12.6 Å². The number of allylic oxidation sites excluding steroid dienone is 1. The van der Waals surface area contributed by atoms with Crippen molar-refractivity contribution in [3.05, 3.63) is 12.7 Å². The monoisotopic (exact) mass is 227 g/mol. The Morgan fingerprint density at radius 2 is 2.31 bits per heavy atom. The molecule has 0 saturated heterocycles. The van der Waals surface area contributed by atoms with Crippen molar-refractivity contribution in [1.29, 1.82) is 0 Å². The number of carbonyl (C=O) groups is 2. The third kappa shape index (κ3) is 4.82. The van der Waals surface area contributed by atoms with Crippen LogP contribution in [0.4, 0.5) is 4.79 Å². The number of carboxylic acids is 1. The zero-order valence-corrected chi connectivity index (χ0v) is 9.15. The molecule has 2 unspecified atom stereocenters. The number of carbonyl (C=O) groups excluding carboxylic acids is 1. The Labute approximate surface area is 94.5 Å². The summed E-state index contributed by atoms with van der Waals surface area (Å²) in [5.41, 5.74) is 0. The molecule has 0 aromatic carbocycles. The lowest BCUT2D eigenvalue weighted by molar-refractivity contribution is -0.135. The quantitative estimate of drug-likeness (QED) is 0.511. The molecule has 1 aliphatic rings. The molecule has 0 heterocycles. The fraction of sp³-hybridized carbons (Fsp3) is 0.636. The summed E-state index contributed by atoms with van der Waals surface area (Å²) in [4.78, 5) is 21.2. The summed E-state index contributed by atoms with van der Waals surface area (Å²) in [5.74, 6) is -0.634. The Bertz CT molecular complexity index is 277. The van der Waals surface area contributed by atoms with Gasteiger partial charge in [-0.25, -0.2) is 4.79 Å². The van der Waals surface area contributed by atoms with E-state index < -0.39 is 18.6 Å². The first kappa shape index (κ1) is 12.5. The van der Waals surface area contributed by atoms with Crippen molar-refractivity contribution in [2.24, 2.45) is 5.92 Å². The summed E-state index contributed by atoms with van der Waals surface area (Å²) in [6.07, 6.45) is 5.16. The number of aliphatic carboxylic acids is 1. The second kappa shape index (κ2) is 6.15. The molecule has 0 aromatic rings. The minimum Gasteiger partial charge on any atom is -0.480 e. The van der Waals surface area contributed by atoms with Gasteiger partial charge in [-0.05, 0) is 31.6 Å². The molecule has 1 amide bonds. The molecule has 1 rings (SSSR count). The molecule has 90 valence electrons. The summed E-state index contributed by atoms with van der Waals surface area (Å²) >= 11 is 0. The van der Waals surface area contributed by atoms with E-state index in [1.807, 2.05) is 6.08 Å². The summed E-state index contributed by atoms with van der Waals surface area (Å²) in [6.45, 7) is 3.24. The lowest BCUT2D eigenvalue weighted by atomic mass is 10.2. The lowest BCUT2D eigenvalue weighted by Crippen LogP contribution is -2.30. The lowest BCUT2D eigenvalue weighted by Gasteiger charge is -2.04. The summed E-state index contributed by atoms with van der Waals surface area (Å²) < 4.78 is 5.02. The van der Waals surface area contributed by atoms with Crippen molar-refractivity contribution in [2.75, 3.05) is 6.54 Å². The maximum Gasteiger partial charge on any atom is 0.407 e. The van der Waals surface area contributed by atoms with Gasteiger partial charge >= 0.3 is 12.1 Å². The van der Waals surface area contributed by atoms with Crippen molar-refractivity contribution in [1.82, 2.24) is 5.32 Å². The molecule has 5 nitrogen and oxygen atoms in total. The molecule has 0 aromatic heterocycles. The highest BCUT2D eigenvalue weighted by Crippen LogP contribution is 2.37. The minimum absolute atomic E-state index is 0.0291. The van der Waals surface area contributed by atoms with Crippen LogP contribution in [0.2, 0.25) is 0 Å². The third-order valence-corrected chi connectivity index (χ3v) is 2.48. The minimum atomic E-state index is -1.07. The van der Waals surface area contributed by atoms with Crippen molar-refractivity contribution in [2.45, 2.75) is 31.8 Å². The van der Waals surface area contributed by atoms with E-state index in [-0.39, 0.29) is 6.10 Å². The molecular weight excluding hydrogens is 210 g/mol. The zero-order valence-electron chi connectivity index (χ0n) is 9.15. The van der Waals surface area contributed by atoms with Gasteiger partial charge < -0.3 is 15.2 Å². The number of rotatable bonds is 7. The standard InChI is InChI=1S/C11H17NO4/c1-2-3-4-5-8-6-9(8)16-11(15)12-7-10(13)14/h2,8-9H,1,3-7H2,(H,12,15)(H,13,14). The van der Waals surface area contributed by atoms with E-state index in [2.05, 4.69) is 11.9 Å². The number of alkyl carbamates (subject to hydrolysis) is 1. The van der Waals surface area contributed by atoms with Crippen LogP contribution in [0, 0.1) is 5.92 Å². The number of carboxylic acid groups (broad SMARTS) is 1. The van der Waals surface area contributed by atoms with Crippen LogP contribution < -0.4 is 5.32 Å². The molecule has 16 heavy (non-hydrogen) atoms. The molecule has 5 heteroatoms. The van der Waals surface area contributed by atoms with Crippen LogP contribution in [0.25, 0.3) is 0 Å². The molecule has 1 aliphatic carbocycles. The average Bonchev–Trinajstić information content (AvgIpc) is 2.94. The largest absolute Gasteiger partial charge is 0.480 e. The first-order valence-electron chi connectivity index (χ1n) is 5.40.